The quantitative estimate of drug-likeness (QED) is 0.729. The predicted molar refractivity (Wildman–Crippen MR) is 81.6 cm³/mol. The van der Waals surface area contributed by atoms with Gasteiger partial charge in [0.2, 0.25) is 6.41 Å². The highest BCUT2D eigenvalue weighted by molar-refractivity contribution is 6.00. The van der Waals surface area contributed by atoms with Crippen molar-refractivity contribution in [2.24, 2.45) is 0 Å². The van der Waals surface area contributed by atoms with Crippen molar-refractivity contribution in [1.82, 2.24) is 0 Å². The second-order valence-corrected chi connectivity index (χ2v) is 5.10. The third kappa shape index (κ3) is 2.62. The smallest absolute Gasteiger partial charge is 0.214 e. The molecule has 0 aliphatic rings. The van der Waals surface area contributed by atoms with E-state index in [1.165, 1.54) is 16.3 Å². The van der Waals surface area contributed by atoms with Gasteiger partial charge in [-0.2, -0.15) is 0 Å². The molecule has 2 aromatic rings. The van der Waals surface area contributed by atoms with Gasteiger partial charge in [-0.25, -0.2) is 0 Å². The lowest BCUT2D eigenvalue weighted by Gasteiger charge is -2.26. The Bertz CT molecular complexity index is 571. The SMILES string of the molecule is CCCC(C)N(C=O)c1cccc2cccc(C)c12. The highest BCUT2D eigenvalue weighted by atomic mass is 16.1. The molecule has 0 saturated heterocycles. The number of carbonyl (C=O) groups is 1. The number of rotatable bonds is 5. The molecule has 100 valence electrons. The number of hydrogen-bond acceptors (Lipinski definition) is 1. The molecule has 1 atom stereocenters. The van der Waals surface area contributed by atoms with Crippen molar-refractivity contribution in [3.8, 4) is 0 Å². The molecule has 1 unspecified atom stereocenters. The number of nitrogens with zero attached hydrogens (tertiary/aromatic N) is 1. The number of benzene rings is 2. The fraction of sp³-hybridized carbons (Fsp3) is 0.353. The first-order chi connectivity index (χ1) is 9.19. The Kier molecular flexibility index (Phi) is 4.20. The predicted octanol–water partition coefficient (Wildman–Crippen LogP) is 4.30. The first-order valence-corrected chi connectivity index (χ1v) is 6.91. The Hall–Kier alpha value is -1.83. The average molecular weight is 255 g/mol. The van der Waals surface area contributed by atoms with E-state index < -0.39 is 0 Å². The van der Waals surface area contributed by atoms with Crippen LogP contribution in [0.2, 0.25) is 0 Å². The van der Waals surface area contributed by atoms with E-state index in [1.807, 2.05) is 17.0 Å². The zero-order chi connectivity index (χ0) is 13.8. The van der Waals surface area contributed by atoms with Gasteiger partial charge in [-0.1, -0.05) is 43.7 Å². The molecule has 0 fully saturated rings. The molecule has 0 aliphatic carbocycles. The van der Waals surface area contributed by atoms with Gasteiger partial charge in [-0.3, -0.25) is 4.79 Å². The third-order valence-electron chi connectivity index (χ3n) is 3.66. The first kappa shape index (κ1) is 13.6. The standard InChI is InChI=1S/C17H21NO/c1-4-7-14(3)18(12-19)16-11-6-10-15-9-5-8-13(2)17(15)16/h5-6,8-12,14H,4,7H2,1-3H3. The Morgan fingerprint density at radius 3 is 2.53 bits per heavy atom. The van der Waals surface area contributed by atoms with E-state index in [0.29, 0.717) is 0 Å². The summed E-state index contributed by atoms with van der Waals surface area (Å²) in [5.74, 6) is 0. The normalized spacial score (nSPS) is 12.4. The minimum atomic E-state index is 0.229. The molecule has 0 heterocycles. The average Bonchev–Trinajstić information content (AvgIpc) is 2.40. The van der Waals surface area contributed by atoms with Gasteiger partial charge in [0.15, 0.2) is 0 Å². The van der Waals surface area contributed by atoms with Gasteiger partial charge in [0, 0.05) is 11.4 Å². The summed E-state index contributed by atoms with van der Waals surface area (Å²) >= 11 is 0. The van der Waals surface area contributed by atoms with Crippen LogP contribution in [-0.2, 0) is 4.79 Å². The molecule has 0 radical (unpaired) electrons. The van der Waals surface area contributed by atoms with Gasteiger partial charge < -0.3 is 4.90 Å². The maximum absolute atomic E-state index is 11.5. The lowest BCUT2D eigenvalue weighted by molar-refractivity contribution is -0.107. The van der Waals surface area contributed by atoms with E-state index in [9.17, 15) is 4.79 Å². The zero-order valence-electron chi connectivity index (χ0n) is 11.9. The van der Waals surface area contributed by atoms with Gasteiger partial charge in [0.1, 0.15) is 0 Å². The number of carbonyl (C=O) groups excluding carboxylic acids is 1. The number of hydrogen-bond donors (Lipinski definition) is 0. The van der Waals surface area contributed by atoms with Gasteiger partial charge >= 0.3 is 0 Å². The molecule has 2 aromatic carbocycles. The molecule has 0 aromatic heterocycles. The van der Waals surface area contributed by atoms with Crippen LogP contribution in [0, 0.1) is 6.92 Å². The summed E-state index contributed by atoms with van der Waals surface area (Å²) in [4.78, 5) is 13.4. The van der Waals surface area contributed by atoms with Crippen LogP contribution in [0.25, 0.3) is 10.8 Å². The summed E-state index contributed by atoms with van der Waals surface area (Å²) in [7, 11) is 0. The van der Waals surface area contributed by atoms with Crippen molar-refractivity contribution in [2.45, 2.75) is 39.7 Å². The summed E-state index contributed by atoms with van der Waals surface area (Å²) in [6.07, 6.45) is 3.05. The van der Waals surface area contributed by atoms with E-state index in [4.69, 9.17) is 0 Å². The Labute approximate surface area is 115 Å². The van der Waals surface area contributed by atoms with Crippen LogP contribution < -0.4 is 4.90 Å². The molecule has 2 heteroatoms. The molecule has 0 aliphatic heterocycles. The Morgan fingerprint density at radius 1 is 1.21 bits per heavy atom. The van der Waals surface area contributed by atoms with Gasteiger partial charge in [0.05, 0.1) is 5.69 Å². The van der Waals surface area contributed by atoms with Crippen LogP contribution in [0.3, 0.4) is 0 Å². The van der Waals surface area contributed by atoms with Crippen molar-refractivity contribution >= 4 is 22.9 Å². The first-order valence-electron chi connectivity index (χ1n) is 6.91. The molecule has 2 nitrogen and oxygen atoms in total. The summed E-state index contributed by atoms with van der Waals surface area (Å²) in [6, 6.07) is 12.6. The summed E-state index contributed by atoms with van der Waals surface area (Å²) in [6.45, 7) is 6.35. The largest absolute Gasteiger partial charge is 0.312 e. The second-order valence-electron chi connectivity index (χ2n) is 5.10. The minimum Gasteiger partial charge on any atom is -0.312 e. The van der Waals surface area contributed by atoms with Gasteiger partial charge in [-0.15, -0.1) is 0 Å². The molecule has 0 spiro atoms. The molecule has 0 bridgehead atoms. The lowest BCUT2D eigenvalue weighted by Crippen LogP contribution is -2.31. The van der Waals surface area contributed by atoms with Crippen LogP contribution in [0.4, 0.5) is 5.69 Å². The monoisotopic (exact) mass is 255 g/mol. The number of fused-ring (bicyclic) bond motifs is 1. The second kappa shape index (κ2) is 5.87. The van der Waals surface area contributed by atoms with E-state index in [2.05, 4.69) is 45.0 Å². The number of aryl methyl sites for hydroxylation is 1. The maximum atomic E-state index is 11.5. The third-order valence-corrected chi connectivity index (χ3v) is 3.66. The van der Waals surface area contributed by atoms with Gasteiger partial charge in [0.25, 0.3) is 0 Å². The van der Waals surface area contributed by atoms with Crippen molar-refractivity contribution in [2.75, 3.05) is 4.90 Å². The van der Waals surface area contributed by atoms with Gasteiger partial charge in [-0.05, 0) is 37.3 Å². The van der Waals surface area contributed by atoms with E-state index in [0.717, 1.165) is 24.9 Å². The highest BCUT2D eigenvalue weighted by Gasteiger charge is 2.16. The van der Waals surface area contributed by atoms with Crippen molar-refractivity contribution < 1.29 is 4.79 Å². The number of anilines is 1. The van der Waals surface area contributed by atoms with E-state index in [-0.39, 0.29) is 6.04 Å². The molecule has 19 heavy (non-hydrogen) atoms. The van der Waals surface area contributed by atoms with Crippen LogP contribution >= 0.6 is 0 Å². The maximum Gasteiger partial charge on any atom is 0.214 e. The minimum absolute atomic E-state index is 0.229. The Balaban J connectivity index is 2.57. The van der Waals surface area contributed by atoms with Crippen molar-refractivity contribution in [1.29, 1.82) is 0 Å². The summed E-state index contributed by atoms with van der Waals surface area (Å²) < 4.78 is 0. The molecular formula is C17H21NO. The van der Waals surface area contributed by atoms with Crippen molar-refractivity contribution in [3.63, 3.8) is 0 Å². The molecule has 0 saturated carbocycles. The zero-order valence-corrected chi connectivity index (χ0v) is 11.9. The van der Waals surface area contributed by atoms with Crippen LogP contribution in [0.1, 0.15) is 32.3 Å². The molecule has 0 N–H and O–H groups in total. The lowest BCUT2D eigenvalue weighted by atomic mass is 10.0. The van der Waals surface area contributed by atoms with Crippen molar-refractivity contribution in [3.05, 3.63) is 42.0 Å². The topological polar surface area (TPSA) is 20.3 Å². The summed E-state index contributed by atoms with van der Waals surface area (Å²) in [5, 5.41) is 2.37. The molecule has 1 amide bonds. The van der Waals surface area contributed by atoms with Crippen LogP contribution in [-0.4, -0.2) is 12.5 Å². The van der Waals surface area contributed by atoms with Crippen LogP contribution in [0.5, 0.6) is 0 Å². The molecule has 2 rings (SSSR count). The summed E-state index contributed by atoms with van der Waals surface area (Å²) in [5.41, 5.74) is 2.23. The molecular weight excluding hydrogens is 234 g/mol. The van der Waals surface area contributed by atoms with Crippen LogP contribution in [0.15, 0.2) is 36.4 Å². The van der Waals surface area contributed by atoms with E-state index in [1.54, 1.807) is 0 Å². The fourth-order valence-corrected chi connectivity index (χ4v) is 2.68. The Morgan fingerprint density at radius 2 is 1.89 bits per heavy atom. The van der Waals surface area contributed by atoms with E-state index >= 15 is 0 Å². The highest BCUT2D eigenvalue weighted by Crippen LogP contribution is 2.30. The number of amides is 1. The fourth-order valence-electron chi connectivity index (χ4n) is 2.68.